The SMILES string of the molecule is CCCCCCCCCCCCCCCCCCCCCC(=O)OC[C@H](COC(=O)CCCCCCCCCCCCCCCCC(C)C)OC(=O)CCCCCCCCCC(C)C. The maximum absolute atomic E-state index is 12.8. The van der Waals surface area contributed by atoms with E-state index in [2.05, 4.69) is 34.6 Å². The van der Waals surface area contributed by atoms with Gasteiger partial charge in [-0.05, 0) is 31.1 Å². The van der Waals surface area contributed by atoms with Crippen LogP contribution in [0.2, 0.25) is 0 Å². The molecule has 0 heterocycles. The van der Waals surface area contributed by atoms with Crippen molar-refractivity contribution in [2.45, 2.75) is 330 Å². The molecule has 0 aliphatic carbocycles. The van der Waals surface area contributed by atoms with Crippen LogP contribution in [0.3, 0.4) is 0 Å². The van der Waals surface area contributed by atoms with E-state index in [4.69, 9.17) is 14.2 Å². The minimum absolute atomic E-state index is 0.0637. The number of esters is 3. The molecule has 0 fully saturated rings. The van der Waals surface area contributed by atoms with Crippen molar-refractivity contribution in [1.82, 2.24) is 0 Å². The van der Waals surface area contributed by atoms with Crippen molar-refractivity contribution in [3.05, 3.63) is 0 Å². The van der Waals surface area contributed by atoms with Crippen molar-refractivity contribution in [2.24, 2.45) is 11.8 Å². The summed E-state index contributed by atoms with van der Waals surface area (Å²) in [7, 11) is 0. The first-order chi connectivity index (χ1) is 31.2. The summed E-state index contributed by atoms with van der Waals surface area (Å²) in [5.74, 6) is 0.778. The van der Waals surface area contributed by atoms with Crippen LogP contribution in [0, 0.1) is 11.8 Å². The molecular weight excluding hydrogens is 793 g/mol. The summed E-state index contributed by atoms with van der Waals surface area (Å²) in [6, 6.07) is 0. The van der Waals surface area contributed by atoms with Crippen LogP contribution < -0.4 is 0 Å². The van der Waals surface area contributed by atoms with Crippen LogP contribution in [-0.4, -0.2) is 37.2 Å². The second-order valence-corrected chi connectivity index (χ2v) is 20.9. The molecule has 0 aromatic rings. The normalized spacial score (nSPS) is 12.0. The fourth-order valence-electron chi connectivity index (χ4n) is 8.87. The molecule has 0 radical (unpaired) electrons. The summed E-state index contributed by atoms with van der Waals surface area (Å²) < 4.78 is 16.9. The van der Waals surface area contributed by atoms with Gasteiger partial charge in [0.2, 0.25) is 0 Å². The Morgan fingerprint density at radius 2 is 0.516 bits per heavy atom. The van der Waals surface area contributed by atoms with Crippen molar-refractivity contribution in [3.63, 3.8) is 0 Å². The van der Waals surface area contributed by atoms with Gasteiger partial charge in [-0.2, -0.15) is 0 Å². The van der Waals surface area contributed by atoms with Gasteiger partial charge < -0.3 is 14.2 Å². The maximum Gasteiger partial charge on any atom is 0.306 e. The Balaban J connectivity index is 4.21. The van der Waals surface area contributed by atoms with Crippen LogP contribution in [-0.2, 0) is 28.6 Å². The van der Waals surface area contributed by atoms with Gasteiger partial charge in [-0.1, -0.05) is 285 Å². The first-order valence-electron chi connectivity index (χ1n) is 28.7. The fraction of sp³-hybridized carbons (Fsp3) is 0.948. The molecule has 0 unspecified atom stereocenters. The molecule has 0 saturated carbocycles. The number of hydrogen-bond acceptors (Lipinski definition) is 6. The third kappa shape index (κ3) is 51.4. The average Bonchev–Trinajstić information content (AvgIpc) is 3.27. The van der Waals surface area contributed by atoms with Gasteiger partial charge in [0.25, 0.3) is 0 Å². The van der Waals surface area contributed by atoms with Crippen molar-refractivity contribution < 1.29 is 28.6 Å². The van der Waals surface area contributed by atoms with E-state index in [0.29, 0.717) is 19.3 Å². The summed E-state index contributed by atoms with van der Waals surface area (Å²) >= 11 is 0. The van der Waals surface area contributed by atoms with Gasteiger partial charge >= 0.3 is 17.9 Å². The Morgan fingerprint density at radius 3 is 0.766 bits per heavy atom. The highest BCUT2D eigenvalue weighted by Gasteiger charge is 2.19. The number of hydrogen-bond donors (Lipinski definition) is 0. The number of carbonyl (C=O) groups excluding carboxylic acids is 3. The molecule has 6 heteroatoms. The van der Waals surface area contributed by atoms with E-state index in [9.17, 15) is 14.4 Å². The monoisotopic (exact) mass is 905 g/mol. The fourth-order valence-corrected chi connectivity index (χ4v) is 8.87. The molecule has 0 saturated heterocycles. The van der Waals surface area contributed by atoms with Crippen LogP contribution in [0.5, 0.6) is 0 Å². The Morgan fingerprint density at radius 1 is 0.297 bits per heavy atom. The average molecular weight is 906 g/mol. The molecule has 380 valence electrons. The third-order valence-electron chi connectivity index (χ3n) is 13.2. The minimum atomic E-state index is -0.763. The van der Waals surface area contributed by atoms with Gasteiger partial charge in [-0.15, -0.1) is 0 Å². The lowest BCUT2D eigenvalue weighted by Gasteiger charge is -2.18. The van der Waals surface area contributed by atoms with Crippen molar-refractivity contribution in [2.75, 3.05) is 13.2 Å². The van der Waals surface area contributed by atoms with Gasteiger partial charge in [0.15, 0.2) is 6.10 Å². The first kappa shape index (κ1) is 62.4. The van der Waals surface area contributed by atoms with E-state index < -0.39 is 6.10 Å². The summed E-state index contributed by atoms with van der Waals surface area (Å²) in [5, 5.41) is 0. The standard InChI is InChI=1S/C58H112O6/c1-6-7-8-9-10-11-12-13-14-15-16-17-18-22-25-28-33-38-43-48-56(59)62-51-55(64-58(61)50-45-40-35-30-32-37-42-47-54(4)5)52-63-57(60)49-44-39-34-29-26-23-20-19-21-24-27-31-36-41-46-53(2)3/h53-55H,6-52H2,1-5H3/t55-/m1/s1. The Kier molecular flexibility index (Phi) is 49.6. The lowest BCUT2D eigenvalue weighted by Crippen LogP contribution is -2.30. The molecule has 0 aromatic carbocycles. The molecule has 6 nitrogen and oxygen atoms in total. The topological polar surface area (TPSA) is 78.9 Å². The second-order valence-electron chi connectivity index (χ2n) is 20.9. The minimum Gasteiger partial charge on any atom is -0.462 e. The van der Waals surface area contributed by atoms with Gasteiger partial charge in [-0.25, -0.2) is 0 Å². The summed E-state index contributed by atoms with van der Waals surface area (Å²) in [5.41, 5.74) is 0. The molecule has 0 aliphatic rings. The molecule has 0 aliphatic heterocycles. The largest absolute Gasteiger partial charge is 0.462 e. The van der Waals surface area contributed by atoms with E-state index >= 15 is 0 Å². The summed E-state index contributed by atoms with van der Waals surface area (Å²) in [6.45, 7) is 11.4. The Bertz CT molecular complexity index is 978. The molecule has 0 N–H and O–H groups in total. The number of ether oxygens (including phenoxy) is 3. The van der Waals surface area contributed by atoms with Crippen LogP contribution in [0.25, 0.3) is 0 Å². The number of carbonyl (C=O) groups is 3. The highest BCUT2D eigenvalue weighted by molar-refractivity contribution is 5.71. The number of rotatable bonds is 52. The smallest absolute Gasteiger partial charge is 0.306 e. The van der Waals surface area contributed by atoms with Crippen molar-refractivity contribution >= 4 is 17.9 Å². The highest BCUT2D eigenvalue weighted by Crippen LogP contribution is 2.18. The Hall–Kier alpha value is -1.59. The number of unbranched alkanes of at least 4 members (excludes halogenated alkanes) is 37. The van der Waals surface area contributed by atoms with Crippen LogP contribution in [0.15, 0.2) is 0 Å². The molecule has 0 bridgehead atoms. The molecule has 0 aromatic heterocycles. The van der Waals surface area contributed by atoms with E-state index in [0.717, 1.165) is 69.6 Å². The lowest BCUT2D eigenvalue weighted by atomic mass is 10.0. The first-order valence-corrected chi connectivity index (χ1v) is 28.7. The quantitative estimate of drug-likeness (QED) is 0.0344. The molecule has 64 heavy (non-hydrogen) atoms. The predicted molar refractivity (Wildman–Crippen MR) is 275 cm³/mol. The van der Waals surface area contributed by atoms with Gasteiger partial charge in [0, 0.05) is 19.3 Å². The van der Waals surface area contributed by atoms with Crippen LogP contribution >= 0.6 is 0 Å². The second kappa shape index (κ2) is 50.8. The van der Waals surface area contributed by atoms with Crippen molar-refractivity contribution in [3.8, 4) is 0 Å². The third-order valence-corrected chi connectivity index (χ3v) is 13.2. The highest BCUT2D eigenvalue weighted by atomic mass is 16.6. The molecule has 0 spiro atoms. The lowest BCUT2D eigenvalue weighted by molar-refractivity contribution is -0.167. The van der Waals surface area contributed by atoms with E-state index in [1.165, 1.54) is 212 Å². The zero-order valence-electron chi connectivity index (χ0n) is 43.9. The van der Waals surface area contributed by atoms with Gasteiger partial charge in [-0.3, -0.25) is 14.4 Å². The van der Waals surface area contributed by atoms with E-state index in [1.54, 1.807) is 0 Å². The van der Waals surface area contributed by atoms with Crippen molar-refractivity contribution in [1.29, 1.82) is 0 Å². The summed E-state index contributed by atoms with van der Waals surface area (Å²) in [4.78, 5) is 38.1. The van der Waals surface area contributed by atoms with Gasteiger partial charge in [0.05, 0.1) is 0 Å². The molecule has 1 atom stereocenters. The molecule has 0 rings (SSSR count). The van der Waals surface area contributed by atoms with Gasteiger partial charge in [0.1, 0.15) is 13.2 Å². The van der Waals surface area contributed by atoms with Crippen LogP contribution in [0.4, 0.5) is 0 Å². The summed E-state index contributed by atoms with van der Waals surface area (Å²) in [6.07, 6.45) is 53.9. The zero-order valence-corrected chi connectivity index (χ0v) is 43.9. The Labute approximate surface area is 399 Å². The van der Waals surface area contributed by atoms with Crippen LogP contribution in [0.1, 0.15) is 324 Å². The van der Waals surface area contributed by atoms with E-state index in [1.807, 2.05) is 0 Å². The predicted octanol–water partition coefficient (Wildman–Crippen LogP) is 18.9. The van der Waals surface area contributed by atoms with E-state index in [-0.39, 0.29) is 31.1 Å². The molecular formula is C58H112O6. The zero-order chi connectivity index (χ0) is 46.8. The maximum atomic E-state index is 12.8. The molecule has 0 amide bonds.